The smallest absolute Gasteiger partial charge is 0.252 e. The number of aromatic nitrogens is 4. The van der Waals surface area contributed by atoms with Crippen LogP contribution in [0.25, 0.3) is 22.3 Å². The quantitative estimate of drug-likeness (QED) is 0.572. The van der Waals surface area contributed by atoms with Gasteiger partial charge in [-0.2, -0.15) is 5.10 Å². The van der Waals surface area contributed by atoms with Crippen LogP contribution in [0.4, 0.5) is 0 Å². The highest BCUT2D eigenvalue weighted by molar-refractivity contribution is 6.32. The van der Waals surface area contributed by atoms with Gasteiger partial charge in [0.15, 0.2) is 0 Å². The molecule has 0 saturated carbocycles. The SMILES string of the molecule is Cc1c(Cl)ccc2c(C(=O)NCc3cnn(C)c3)cc(-c3ccccn3)nc12. The van der Waals surface area contributed by atoms with Crippen LogP contribution in [-0.2, 0) is 13.6 Å². The fourth-order valence-corrected chi connectivity index (χ4v) is 3.23. The molecule has 1 N–H and O–H groups in total. The summed E-state index contributed by atoms with van der Waals surface area (Å²) in [7, 11) is 1.84. The van der Waals surface area contributed by atoms with Crippen molar-refractivity contribution >= 4 is 28.4 Å². The second-order valence-electron chi connectivity index (χ2n) is 6.54. The van der Waals surface area contributed by atoms with E-state index in [1.54, 1.807) is 29.2 Å². The Bertz CT molecular complexity index is 1170. The number of hydrogen-bond acceptors (Lipinski definition) is 4. The van der Waals surface area contributed by atoms with Crippen LogP contribution in [-0.4, -0.2) is 25.7 Å². The third-order valence-electron chi connectivity index (χ3n) is 4.55. The molecule has 0 aliphatic rings. The molecule has 0 unspecified atom stereocenters. The van der Waals surface area contributed by atoms with Crippen LogP contribution in [0.5, 0.6) is 0 Å². The van der Waals surface area contributed by atoms with E-state index in [0.717, 1.165) is 16.5 Å². The molecule has 3 heterocycles. The molecule has 4 aromatic rings. The molecule has 0 aliphatic heterocycles. The summed E-state index contributed by atoms with van der Waals surface area (Å²) in [6.07, 6.45) is 5.30. The summed E-state index contributed by atoms with van der Waals surface area (Å²) < 4.78 is 1.70. The maximum atomic E-state index is 13.0. The van der Waals surface area contributed by atoms with Crippen LogP contribution in [0.2, 0.25) is 5.02 Å². The molecule has 3 aromatic heterocycles. The lowest BCUT2D eigenvalue weighted by Crippen LogP contribution is -2.23. The van der Waals surface area contributed by atoms with Crippen molar-refractivity contribution in [3.05, 3.63) is 76.7 Å². The largest absolute Gasteiger partial charge is 0.348 e. The number of aryl methyl sites for hydroxylation is 2. The minimum absolute atomic E-state index is 0.185. The van der Waals surface area contributed by atoms with E-state index >= 15 is 0 Å². The van der Waals surface area contributed by atoms with Crippen LogP contribution < -0.4 is 5.32 Å². The Morgan fingerprint density at radius 1 is 1.21 bits per heavy atom. The average molecular weight is 392 g/mol. The Morgan fingerprint density at radius 3 is 2.79 bits per heavy atom. The third-order valence-corrected chi connectivity index (χ3v) is 4.96. The Morgan fingerprint density at radius 2 is 2.07 bits per heavy atom. The van der Waals surface area contributed by atoms with Gasteiger partial charge in [-0.05, 0) is 36.8 Å². The summed E-state index contributed by atoms with van der Waals surface area (Å²) in [4.78, 5) is 22.1. The van der Waals surface area contributed by atoms with Crippen molar-refractivity contribution in [1.82, 2.24) is 25.1 Å². The standard InChI is InChI=1S/C21H18ClN5O/c1-13-17(22)7-6-15-16(21(28)24-10-14-11-25-27(2)12-14)9-19(26-20(13)15)18-5-3-4-8-23-18/h3-9,11-12H,10H2,1-2H3,(H,24,28). The monoisotopic (exact) mass is 391 g/mol. The molecule has 0 spiro atoms. The van der Waals surface area contributed by atoms with E-state index in [4.69, 9.17) is 16.6 Å². The number of pyridine rings is 2. The lowest BCUT2D eigenvalue weighted by atomic mass is 10.0. The van der Waals surface area contributed by atoms with Crippen molar-refractivity contribution in [2.45, 2.75) is 13.5 Å². The summed E-state index contributed by atoms with van der Waals surface area (Å²) in [5.74, 6) is -0.185. The van der Waals surface area contributed by atoms with Crippen LogP contribution in [0, 0.1) is 6.92 Å². The molecule has 1 amide bonds. The number of benzene rings is 1. The summed E-state index contributed by atoms with van der Waals surface area (Å²) in [5.41, 5.74) is 4.32. The summed E-state index contributed by atoms with van der Waals surface area (Å²) >= 11 is 6.30. The Labute approximate surface area is 167 Å². The van der Waals surface area contributed by atoms with E-state index < -0.39 is 0 Å². The molecular formula is C21H18ClN5O. The van der Waals surface area contributed by atoms with E-state index in [9.17, 15) is 4.79 Å². The second-order valence-corrected chi connectivity index (χ2v) is 6.95. The maximum absolute atomic E-state index is 13.0. The highest BCUT2D eigenvalue weighted by Gasteiger charge is 2.17. The van der Waals surface area contributed by atoms with Crippen LogP contribution in [0.1, 0.15) is 21.5 Å². The maximum Gasteiger partial charge on any atom is 0.252 e. The van der Waals surface area contributed by atoms with E-state index in [2.05, 4.69) is 15.4 Å². The third kappa shape index (κ3) is 3.46. The number of hydrogen-bond donors (Lipinski definition) is 1. The first-order valence-electron chi connectivity index (χ1n) is 8.80. The predicted octanol–water partition coefficient (Wildman–Crippen LogP) is 3.92. The van der Waals surface area contributed by atoms with Gasteiger partial charge >= 0.3 is 0 Å². The fraction of sp³-hybridized carbons (Fsp3) is 0.143. The molecule has 0 saturated heterocycles. The number of carbonyl (C=O) groups excluding carboxylic acids is 1. The average Bonchev–Trinajstić information content (AvgIpc) is 3.14. The second kappa shape index (κ2) is 7.40. The highest BCUT2D eigenvalue weighted by Crippen LogP contribution is 2.29. The van der Waals surface area contributed by atoms with Gasteiger partial charge in [0.25, 0.3) is 5.91 Å². The highest BCUT2D eigenvalue weighted by atomic mass is 35.5. The molecule has 4 rings (SSSR count). The molecule has 140 valence electrons. The Balaban J connectivity index is 1.79. The summed E-state index contributed by atoms with van der Waals surface area (Å²) in [6, 6.07) is 11.0. The van der Waals surface area contributed by atoms with E-state index in [1.807, 2.05) is 44.4 Å². The zero-order valence-corrected chi connectivity index (χ0v) is 16.2. The number of rotatable bonds is 4. The number of amides is 1. The summed E-state index contributed by atoms with van der Waals surface area (Å²) in [6.45, 7) is 2.29. The molecule has 0 aliphatic carbocycles. The molecule has 1 aromatic carbocycles. The number of carbonyl (C=O) groups is 1. The molecule has 6 nitrogen and oxygen atoms in total. The van der Waals surface area contributed by atoms with Crippen molar-refractivity contribution in [2.24, 2.45) is 7.05 Å². The lowest BCUT2D eigenvalue weighted by molar-refractivity contribution is 0.0952. The van der Waals surface area contributed by atoms with Crippen molar-refractivity contribution in [3.63, 3.8) is 0 Å². The molecule has 7 heteroatoms. The molecule has 0 fully saturated rings. The minimum atomic E-state index is -0.185. The number of fused-ring (bicyclic) bond motifs is 1. The van der Waals surface area contributed by atoms with Gasteiger partial charge in [-0.3, -0.25) is 14.5 Å². The van der Waals surface area contributed by atoms with Gasteiger partial charge < -0.3 is 5.32 Å². The molecule has 28 heavy (non-hydrogen) atoms. The molecule has 0 bridgehead atoms. The molecule has 0 atom stereocenters. The number of halogens is 1. The topological polar surface area (TPSA) is 72.7 Å². The van der Waals surface area contributed by atoms with Gasteiger partial charge in [0.2, 0.25) is 0 Å². The minimum Gasteiger partial charge on any atom is -0.348 e. The lowest BCUT2D eigenvalue weighted by Gasteiger charge is -2.12. The van der Waals surface area contributed by atoms with Crippen molar-refractivity contribution in [2.75, 3.05) is 0 Å². The Kier molecular flexibility index (Phi) is 4.79. The predicted molar refractivity (Wildman–Crippen MR) is 109 cm³/mol. The van der Waals surface area contributed by atoms with Gasteiger partial charge in [0, 0.05) is 42.0 Å². The van der Waals surface area contributed by atoms with E-state index in [0.29, 0.717) is 34.0 Å². The first-order valence-corrected chi connectivity index (χ1v) is 9.17. The fourth-order valence-electron chi connectivity index (χ4n) is 3.08. The summed E-state index contributed by atoms with van der Waals surface area (Å²) in [5, 5.41) is 8.45. The zero-order valence-electron chi connectivity index (χ0n) is 15.5. The molecule has 0 radical (unpaired) electrons. The number of nitrogens with one attached hydrogen (secondary N) is 1. The van der Waals surface area contributed by atoms with Crippen molar-refractivity contribution in [3.8, 4) is 11.4 Å². The van der Waals surface area contributed by atoms with Crippen molar-refractivity contribution in [1.29, 1.82) is 0 Å². The van der Waals surface area contributed by atoms with Crippen molar-refractivity contribution < 1.29 is 4.79 Å². The Hall–Kier alpha value is -3.25. The van der Waals surface area contributed by atoms with Gasteiger partial charge in [0.1, 0.15) is 0 Å². The van der Waals surface area contributed by atoms with Gasteiger partial charge in [-0.25, -0.2) is 4.98 Å². The van der Waals surface area contributed by atoms with Crippen LogP contribution >= 0.6 is 11.6 Å². The van der Waals surface area contributed by atoms with E-state index in [1.165, 1.54) is 0 Å². The first kappa shape index (κ1) is 18.1. The van der Waals surface area contributed by atoms with Crippen LogP contribution in [0.15, 0.2) is 55.0 Å². The van der Waals surface area contributed by atoms with Crippen LogP contribution in [0.3, 0.4) is 0 Å². The zero-order chi connectivity index (χ0) is 19.7. The molecular weight excluding hydrogens is 374 g/mol. The van der Waals surface area contributed by atoms with E-state index in [-0.39, 0.29) is 5.91 Å². The first-order chi connectivity index (χ1) is 13.5. The number of nitrogens with zero attached hydrogens (tertiary/aromatic N) is 4. The van der Waals surface area contributed by atoms with Gasteiger partial charge in [0.05, 0.1) is 28.7 Å². The van der Waals surface area contributed by atoms with Gasteiger partial charge in [-0.1, -0.05) is 23.7 Å². The normalized spacial score (nSPS) is 11.0. The van der Waals surface area contributed by atoms with Gasteiger partial charge in [-0.15, -0.1) is 0 Å².